The van der Waals surface area contributed by atoms with Crippen molar-refractivity contribution in [3.63, 3.8) is 0 Å². The van der Waals surface area contributed by atoms with Gasteiger partial charge in [0.05, 0.1) is 16.8 Å². The van der Waals surface area contributed by atoms with Crippen LogP contribution in [0.25, 0.3) is 33.1 Å². The van der Waals surface area contributed by atoms with Crippen molar-refractivity contribution in [2.45, 2.75) is 5.41 Å². The van der Waals surface area contributed by atoms with Gasteiger partial charge in [0.2, 0.25) is 0 Å². The van der Waals surface area contributed by atoms with E-state index >= 15 is 0 Å². The highest BCUT2D eigenvalue weighted by Gasteiger charge is 2.51. The summed E-state index contributed by atoms with van der Waals surface area (Å²) in [6.07, 6.45) is 3.96. The second-order valence-corrected chi connectivity index (χ2v) is 11.8. The first-order chi connectivity index (χ1) is 22.7. The third-order valence-electron chi connectivity index (χ3n) is 9.49. The van der Waals surface area contributed by atoms with Crippen LogP contribution in [0.3, 0.4) is 0 Å². The van der Waals surface area contributed by atoms with Crippen LogP contribution in [0.4, 0.5) is 11.4 Å². The predicted octanol–water partition coefficient (Wildman–Crippen LogP) is 11.5. The van der Waals surface area contributed by atoms with E-state index in [4.69, 9.17) is 9.15 Å². The van der Waals surface area contributed by atoms with Crippen molar-refractivity contribution in [1.29, 1.82) is 0 Å². The van der Waals surface area contributed by atoms with E-state index in [1.807, 2.05) is 42.5 Å². The highest BCUT2D eigenvalue weighted by Crippen LogP contribution is 2.62. The highest BCUT2D eigenvalue weighted by molar-refractivity contribution is 6.07. The molecule has 0 saturated carbocycles. The molecule has 6 aromatic carbocycles. The van der Waals surface area contributed by atoms with E-state index in [0.717, 1.165) is 78.3 Å². The molecule has 3 heterocycles. The molecule has 1 aromatic heterocycles. The number of fused-ring (bicyclic) bond motifs is 9. The minimum absolute atomic E-state index is 0.723. The van der Waals surface area contributed by atoms with Crippen LogP contribution in [0, 0.1) is 0 Å². The summed E-state index contributed by atoms with van der Waals surface area (Å²) < 4.78 is 13.1. The van der Waals surface area contributed by atoms with E-state index in [9.17, 15) is 0 Å². The summed E-state index contributed by atoms with van der Waals surface area (Å²) in [7, 11) is 0. The predicted molar refractivity (Wildman–Crippen MR) is 188 cm³/mol. The first kappa shape index (κ1) is 26.4. The quantitative estimate of drug-likeness (QED) is 0.204. The van der Waals surface area contributed by atoms with Crippen LogP contribution >= 0.6 is 0 Å². The molecule has 7 aromatic rings. The number of para-hydroxylation sites is 3. The maximum atomic E-state index is 6.58. The van der Waals surface area contributed by atoms with Gasteiger partial charge >= 0.3 is 0 Å². The van der Waals surface area contributed by atoms with Crippen LogP contribution < -0.4 is 9.64 Å². The van der Waals surface area contributed by atoms with E-state index in [1.54, 1.807) is 0 Å². The molecule has 3 nitrogen and oxygen atoms in total. The van der Waals surface area contributed by atoms with E-state index in [0.29, 0.717) is 0 Å². The van der Waals surface area contributed by atoms with Gasteiger partial charge in [0, 0.05) is 33.7 Å². The van der Waals surface area contributed by atoms with Gasteiger partial charge in [-0.05, 0) is 64.7 Å². The van der Waals surface area contributed by atoms with Gasteiger partial charge in [-0.15, -0.1) is 0 Å². The van der Waals surface area contributed by atoms with Crippen molar-refractivity contribution in [2.24, 2.45) is 0 Å². The standard InChI is InChI=1S/C43H29NO2/c1-3-33-37(4-2)44(30-24-22-29(23-25-30)28-14-6-5-7-15-28)38-27-42-32(31-16-8-11-19-39(31)45-42)26-36(38)43(33)34-17-9-12-20-40(34)46-41-21-13-10-18-35(41)43/h3-27H,1-2H2. The van der Waals surface area contributed by atoms with Gasteiger partial charge in [-0.2, -0.15) is 0 Å². The van der Waals surface area contributed by atoms with Crippen molar-refractivity contribution in [2.75, 3.05) is 4.90 Å². The number of allylic oxidation sites excluding steroid dienone is 3. The summed E-state index contributed by atoms with van der Waals surface area (Å²) >= 11 is 0. The lowest BCUT2D eigenvalue weighted by atomic mass is 9.60. The monoisotopic (exact) mass is 591 g/mol. The molecule has 0 unspecified atom stereocenters. The second-order valence-electron chi connectivity index (χ2n) is 11.8. The molecule has 9 rings (SSSR count). The summed E-state index contributed by atoms with van der Waals surface area (Å²) in [6.45, 7) is 8.82. The topological polar surface area (TPSA) is 25.6 Å². The Labute approximate surface area is 267 Å². The third-order valence-corrected chi connectivity index (χ3v) is 9.49. The maximum absolute atomic E-state index is 6.58. The molecule has 0 bridgehead atoms. The van der Waals surface area contributed by atoms with Crippen LogP contribution in [-0.4, -0.2) is 0 Å². The smallest absolute Gasteiger partial charge is 0.137 e. The SMILES string of the molecule is C=CC1=C(C=C)C2(c3ccccc3Oc3ccccc32)c2cc3c(cc2N1c1ccc(-c2ccccc2)cc1)oc1ccccc13. The molecule has 0 aliphatic carbocycles. The number of anilines is 2. The Morgan fingerprint density at radius 2 is 1.17 bits per heavy atom. The molecular formula is C43H29NO2. The molecule has 0 atom stereocenters. The Morgan fingerprint density at radius 3 is 1.87 bits per heavy atom. The lowest BCUT2D eigenvalue weighted by molar-refractivity contribution is 0.433. The molecule has 0 radical (unpaired) electrons. The van der Waals surface area contributed by atoms with Gasteiger partial charge in [-0.25, -0.2) is 0 Å². The number of benzene rings is 6. The van der Waals surface area contributed by atoms with Crippen LogP contribution in [0.5, 0.6) is 11.5 Å². The van der Waals surface area contributed by atoms with Gasteiger partial charge in [0.1, 0.15) is 22.7 Å². The van der Waals surface area contributed by atoms with Gasteiger partial charge in [0.25, 0.3) is 0 Å². The molecular weight excluding hydrogens is 562 g/mol. The molecule has 0 amide bonds. The minimum Gasteiger partial charge on any atom is -0.457 e. The summed E-state index contributed by atoms with van der Waals surface area (Å²) in [5, 5.41) is 2.15. The fourth-order valence-electron chi connectivity index (χ4n) is 7.58. The Hall–Kier alpha value is -6.06. The zero-order valence-corrected chi connectivity index (χ0v) is 25.1. The molecule has 0 fully saturated rings. The molecule has 2 aliphatic heterocycles. The fraction of sp³-hybridized carbons (Fsp3) is 0.0233. The minimum atomic E-state index is -0.723. The number of nitrogens with zero attached hydrogens (tertiary/aromatic N) is 1. The van der Waals surface area contributed by atoms with Crippen LogP contribution in [0.1, 0.15) is 16.7 Å². The van der Waals surface area contributed by atoms with E-state index in [-0.39, 0.29) is 0 Å². The Morgan fingerprint density at radius 1 is 0.543 bits per heavy atom. The average molecular weight is 592 g/mol. The number of ether oxygens (including phenoxy) is 1. The van der Waals surface area contributed by atoms with Crippen LogP contribution in [0.2, 0.25) is 0 Å². The zero-order chi connectivity index (χ0) is 30.8. The van der Waals surface area contributed by atoms with Gasteiger partial charge in [0.15, 0.2) is 0 Å². The maximum Gasteiger partial charge on any atom is 0.137 e. The summed E-state index contributed by atoms with van der Waals surface area (Å²) in [5.74, 6) is 1.65. The number of hydrogen-bond donors (Lipinski definition) is 0. The largest absolute Gasteiger partial charge is 0.457 e. The lowest BCUT2D eigenvalue weighted by Gasteiger charge is -2.48. The van der Waals surface area contributed by atoms with Crippen LogP contribution in [0.15, 0.2) is 181 Å². The molecule has 0 saturated heterocycles. The van der Waals surface area contributed by atoms with E-state index in [1.165, 1.54) is 5.56 Å². The Bertz CT molecular complexity index is 2330. The normalized spacial score (nSPS) is 14.5. The second kappa shape index (κ2) is 9.98. The summed E-state index contributed by atoms with van der Waals surface area (Å²) in [5.41, 5.74) is 10.6. The third kappa shape index (κ3) is 3.54. The number of rotatable bonds is 4. The van der Waals surface area contributed by atoms with Crippen molar-refractivity contribution >= 4 is 33.3 Å². The Kier molecular flexibility index (Phi) is 5.72. The van der Waals surface area contributed by atoms with Crippen molar-refractivity contribution in [3.8, 4) is 22.6 Å². The molecule has 0 N–H and O–H groups in total. The van der Waals surface area contributed by atoms with Crippen molar-refractivity contribution < 1.29 is 9.15 Å². The van der Waals surface area contributed by atoms with Crippen molar-refractivity contribution in [3.05, 3.63) is 193 Å². The molecule has 3 heteroatoms. The lowest BCUT2D eigenvalue weighted by Crippen LogP contribution is -2.41. The zero-order valence-electron chi connectivity index (χ0n) is 25.1. The van der Waals surface area contributed by atoms with Gasteiger partial charge < -0.3 is 14.1 Å². The first-order valence-corrected chi connectivity index (χ1v) is 15.5. The van der Waals surface area contributed by atoms with Gasteiger partial charge in [-0.3, -0.25) is 0 Å². The fourth-order valence-corrected chi connectivity index (χ4v) is 7.58. The van der Waals surface area contributed by atoms with Crippen molar-refractivity contribution in [1.82, 2.24) is 0 Å². The van der Waals surface area contributed by atoms with E-state index < -0.39 is 5.41 Å². The average Bonchev–Trinajstić information content (AvgIpc) is 3.48. The number of hydrogen-bond acceptors (Lipinski definition) is 3. The van der Waals surface area contributed by atoms with E-state index in [2.05, 4.69) is 127 Å². The molecule has 2 aliphatic rings. The summed E-state index contributed by atoms with van der Waals surface area (Å²) in [6, 6.07) is 48.7. The van der Waals surface area contributed by atoms with Crippen LogP contribution in [-0.2, 0) is 5.41 Å². The molecule has 218 valence electrons. The number of furan rings is 1. The molecule has 46 heavy (non-hydrogen) atoms. The first-order valence-electron chi connectivity index (χ1n) is 15.5. The highest BCUT2D eigenvalue weighted by atomic mass is 16.5. The van der Waals surface area contributed by atoms with Gasteiger partial charge in [-0.1, -0.05) is 116 Å². The molecule has 1 spiro atoms. The Balaban J connectivity index is 1.42. The summed E-state index contributed by atoms with van der Waals surface area (Å²) in [4.78, 5) is 2.30.